The predicted octanol–water partition coefficient (Wildman–Crippen LogP) is 2.40. The van der Waals surface area contributed by atoms with E-state index in [0.29, 0.717) is 0 Å². The molecule has 1 N–H and O–H groups in total. The number of benzene rings is 1. The van der Waals surface area contributed by atoms with Gasteiger partial charge in [-0.25, -0.2) is 4.79 Å². The molecule has 80 valence electrons. The van der Waals surface area contributed by atoms with Crippen molar-refractivity contribution < 1.29 is 9.53 Å². The Morgan fingerprint density at radius 1 is 1.40 bits per heavy atom. The molecule has 0 aliphatic heterocycles. The lowest BCUT2D eigenvalue weighted by atomic mass is 10.1. The summed E-state index contributed by atoms with van der Waals surface area (Å²) in [5.41, 5.74) is 3.31. The summed E-state index contributed by atoms with van der Waals surface area (Å²) in [7, 11) is 1.35. The molecular weight excluding hydrogens is 190 g/mol. The van der Waals surface area contributed by atoms with Gasteiger partial charge in [-0.15, -0.1) is 0 Å². The summed E-state index contributed by atoms with van der Waals surface area (Å²) in [6.07, 6.45) is 2.93. The maximum Gasteiger partial charge on any atom is 0.331 e. The summed E-state index contributed by atoms with van der Waals surface area (Å²) in [5.74, 6) is -0.368. The van der Waals surface area contributed by atoms with Crippen molar-refractivity contribution in [2.24, 2.45) is 0 Å². The minimum atomic E-state index is -0.368. The number of ether oxygens (including phenoxy) is 1. The average Bonchev–Trinajstić information content (AvgIpc) is 2.23. The van der Waals surface area contributed by atoms with Crippen molar-refractivity contribution in [3.63, 3.8) is 0 Å². The topological polar surface area (TPSA) is 38.3 Å². The Balaban J connectivity index is 2.68. The Hall–Kier alpha value is -1.77. The van der Waals surface area contributed by atoms with E-state index in [1.165, 1.54) is 18.7 Å². The van der Waals surface area contributed by atoms with Crippen LogP contribution < -0.4 is 5.32 Å². The van der Waals surface area contributed by atoms with Gasteiger partial charge in [0.25, 0.3) is 0 Å². The van der Waals surface area contributed by atoms with Crippen LogP contribution >= 0.6 is 0 Å². The lowest BCUT2D eigenvalue weighted by molar-refractivity contribution is -0.134. The standard InChI is InChI=1S/C12H15NO2/c1-9-4-5-10(2)11(8-9)13-7-6-12(14)15-3/h4-8,13H,1-3H3/b7-6+. The maximum atomic E-state index is 10.8. The summed E-state index contributed by atoms with van der Waals surface area (Å²) < 4.78 is 4.48. The van der Waals surface area contributed by atoms with Crippen LogP contribution in [0.2, 0.25) is 0 Å². The van der Waals surface area contributed by atoms with Gasteiger partial charge in [-0.05, 0) is 31.0 Å². The highest BCUT2D eigenvalue weighted by Crippen LogP contribution is 2.15. The van der Waals surface area contributed by atoms with E-state index >= 15 is 0 Å². The second-order valence-corrected chi connectivity index (χ2v) is 3.32. The molecule has 0 fully saturated rings. The predicted molar refractivity (Wildman–Crippen MR) is 60.7 cm³/mol. The fraction of sp³-hybridized carbons (Fsp3) is 0.250. The molecule has 0 unspecified atom stereocenters. The van der Waals surface area contributed by atoms with Gasteiger partial charge in [-0.2, -0.15) is 0 Å². The summed E-state index contributed by atoms with van der Waals surface area (Å²) in [5, 5.41) is 3.04. The lowest BCUT2D eigenvalue weighted by Crippen LogP contribution is -1.97. The zero-order chi connectivity index (χ0) is 11.3. The number of carbonyl (C=O) groups excluding carboxylic acids is 1. The molecule has 0 aliphatic carbocycles. The second kappa shape index (κ2) is 5.20. The number of anilines is 1. The number of esters is 1. The quantitative estimate of drug-likeness (QED) is 0.608. The smallest absolute Gasteiger partial charge is 0.331 e. The van der Waals surface area contributed by atoms with E-state index in [-0.39, 0.29) is 5.97 Å². The molecule has 0 aromatic heterocycles. The van der Waals surface area contributed by atoms with E-state index in [0.717, 1.165) is 11.3 Å². The van der Waals surface area contributed by atoms with E-state index < -0.39 is 0 Å². The number of aryl methyl sites for hydroxylation is 2. The SMILES string of the molecule is COC(=O)/C=C/Nc1cc(C)ccc1C. The van der Waals surface area contributed by atoms with Crippen molar-refractivity contribution in [1.82, 2.24) is 0 Å². The van der Waals surface area contributed by atoms with Gasteiger partial charge in [-0.3, -0.25) is 0 Å². The monoisotopic (exact) mass is 205 g/mol. The van der Waals surface area contributed by atoms with Gasteiger partial charge in [0.05, 0.1) is 7.11 Å². The van der Waals surface area contributed by atoms with Crippen LogP contribution in [0.5, 0.6) is 0 Å². The normalized spacial score (nSPS) is 10.3. The molecule has 0 amide bonds. The third-order valence-corrected chi connectivity index (χ3v) is 2.05. The van der Waals surface area contributed by atoms with E-state index in [2.05, 4.69) is 10.1 Å². The first-order chi connectivity index (χ1) is 7.13. The van der Waals surface area contributed by atoms with Crippen LogP contribution in [0.1, 0.15) is 11.1 Å². The molecule has 0 aliphatic rings. The summed E-state index contributed by atoms with van der Waals surface area (Å²) in [4.78, 5) is 10.8. The van der Waals surface area contributed by atoms with Crippen LogP contribution in [0.25, 0.3) is 0 Å². The number of carbonyl (C=O) groups is 1. The van der Waals surface area contributed by atoms with Gasteiger partial charge >= 0.3 is 5.97 Å². The van der Waals surface area contributed by atoms with Gasteiger partial charge in [0.1, 0.15) is 0 Å². The van der Waals surface area contributed by atoms with E-state index in [1.807, 2.05) is 32.0 Å². The molecule has 3 nitrogen and oxygen atoms in total. The zero-order valence-electron chi connectivity index (χ0n) is 9.20. The number of methoxy groups -OCH3 is 1. The third-order valence-electron chi connectivity index (χ3n) is 2.05. The van der Waals surface area contributed by atoms with Crippen LogP contribution in [0.15, 0.2) is 30.5 Å². The molecule has 3 heteroatoms. The molecule has 1 rings (SSSR count). The van der Waals surface area contributed by atoms with Crippen LogP contribution in [0, 0.1) is 13.8 Å². The Morgan fingerprint density at radius 2 is 2.13 bits per heavy atom. The van der Waals surface area contributed by atoms with E-state index in [9.17, 15) is 4.79 Å². The summed E-state index contributed by atoms with van der Waals surface area (Å²) >= 11 is 0. The van der Waals surface area contributed by atoms with E-state index in [1.54, 1.807) is 6.20 Å². The molecule has 0 spiro atoms. The number of nitrogens with one attached hydrogen (secondary N) is 1. The molecule has 0 atom stereocenters. The third kappa shape index (κ3) is 3.46. The summed E-state index contributed by atoms with van der Waals surface area (Å²) in [6.45, 7) is 4.03. The molecule has 0 saturated heterocycles. The first-order valence-corrected chi connectivity index (χ1v) is 4.72. The largest absolute Gasteiger partial charge is 0.466 e. The fourth-order valence-electron chi connectivity index (χ4n) is 1.16. The maximum absolute atomic E-state index is 10.8. The van der Waals surface area contributed by atoms with Crippen molar-refractivity contribution in [2.45, 2.75) is 13.8 Å². The average molecular weight is 205 g/mol. The summed E-state index contributed by atoms with van der Waals surface area (Å²) in [6, 6.07) is 6.10. The molecule has 0 radical (unpaired) electrons. The van der Waals surface area contributed by atoms with Crippen molar-refractivity contribution >= 4 is 11.7 Å². The van der Waals surface area contributed by atoms with Crippen molar-refractivity contribution in [1.29, 1.82) is 0 Å². The molecule has 0 saturated carbocycles. The highest BCUT2D eigenvalue weighted by molar-refractivity contribution is 5.82. The highest BCUT2D eigenvalue weighted by atomic mass is 16.5. The molecule has 1 aromatic carbocycles. The van der Waals surface area contributed by atoms with Crippen molar-refractivity contribution in [3.8, 4) is 0 Å². The molecule has 15 heavy (non-hydrogen) atoms. The van der Waals surface area contributed by atoms with Crippen molar-refractivity contribution in [2.75, 3.05) is 12.4 Å². The molecular formula is C12H15NO2. The second-order valence-electron chi connectivity index (χ2n) is 3.32. The highest BCUT2D eigenvalue weighted by Gasteiger charge is 1.96. The first kappa shape index (κ1) is 11.3. The minimum absolute atomic E-state index is 0.368. The van der Waals surface area contributed by atoms with Gasteiger partial charge in [0.15, 0.2) is 0 Å². The van der Waals surface area contributed by atoms with Crippen LogP contribution in [0.3, 0.4) is 0 Å². The number of hydrogen-bond acceptors (Lipinski definition) is 3. The van der Waals surface area contributed by atoms with E-state index in [4.69, 9.17) is 0 Å². The Kier molecular flexibility index (Phi) is 3.92. The minimum Gasteiger partial charge on any atom is -0.466 e. The van der Waals surface area contributed by atoms with Gasteiger partial charge in [0.2, 0.25) is 0 Å². The molecule has 0 bridgehead atoms. The van der Waals surface area contributed by atoms with Crippen LogP contribution in [0.4, 0.5) is 5.69 Å². The Bertz CT molecular complexity index is 383. The zero-order valence-corrected chi connectivity index (χ0v) is 9.20. The van der Waals surface area contributed by atoms with Gasteiger partial charge in [0, 0.05) is 18.0 Å². The number of hydrogen-bond donors (Lipinski definition) is 1. The van der Waals surface area contributed by atoms with Crippen LogP contribution in [-0.2, 0) is 9.53 Å². The van der Waals surface area contributed by atoms with Crippen LogP contribution in [-0.4, -0.2) is 13.1 Å². The fourth-order valence-corrected chi connectivity index (χ4v) is 1.16. The Labute approximate surface area is 89.8 Å². The molecule has 1 aromatic rings. The van der Waals surface area contributed by atoms with Gasteiger partial charge < -0.3 is 10.1 Å². The molecule has 0 heterocycles. The first-order valence-electron chi connectivity index (χ1n) is 4.72. The van der Waals surface area contributed by atoms with Gasteiger partial charge in [-0.1, -0.05) is 12.1 Å². The number of rotatable bonds is 3. The lowest BCUT2D eigenvalue weighted by Gasteiger charge is -2.05. The van der Waals surface area contributed by atoms with Crippen molar-refractivity contribution in [3.05, 3.63) is 41.6 Å². The Morgan fingerprint density at radius 3 is 2.80 bits per heavy atom.